The van der Waals surface area contributed by atoms with Gasteiger partial charge in [-0.25, -0.2) is 8.42 Å². The molecule has 1 amide bonds. The topological polar surface area (TPSA) is 87.5 Å². The highest BCUT2D eigenvalue weighted by atomic mass is 32.2. The lowest BCUT2D eigenvalue weighted by atomic mass is 10.1. The Morgan fingerprint density at radius 3 is 2.23 bits per heavy atom. The number of carbonyl (C=O) groups excluding carboxylic acids is 1. The third-order valence-electron chi connectivity index (χ3n) is 4.11. The Morgan fingerprint density at radius 1 is 1.15 bits per heavy atom. The molecule has 1 unspecified atom stereocenters. The third kappa shape index (κ3) is 4.83. The van der Waals surface area contributed by atoms with Crippen LogP contribution in [0.3, 0.4) is 0 Å². The summed E-state index contributed by atoms with van der Waals surface area (Å²) < 4.78 is 28.5. The molecule has 0 aliphatic carbocycles. The molecular formula is C19H20N2O4S. The molecule has 0 heterocycles. The molecule has 6 nitrogen and oxygen atoms in total. The second kappa shape index (κ2) is 8.02. The molecule has 0 aliphatic heterocycles. The predicted molar refractivity (Wildman–Crippen MR) is 97.4 cm³/mol. The van der Waals surface area contributed by atoms with Crippen molar-refractivity contribution < 1.29 is 17.9 Å². The molecule has 0 fully saturated rings. The van der Waals surface area contributed by atoms with Crippen molar-refractivity contribution in [2.24, 2.45) is 0 Å². The molecule has 1 atom stereocenters. The second-order valence-electron chi connectivity index (χ2n) is 5.95. The van der Waals surface area contributed by atoms with Crippen LogP contribution in [0.2, 0.25) is 0 Å². The molecule has 0 saturated carbocycles. The number of amides is 1. The Balaban J connectivity index is 1.99. The molecule has 2 rings (SSSR count). The average Bonchev–Trinajstić information content (AvgIpc) is 2.64. The minimum absolute atomic E-state index is 0.131. The molecule has 0 saturated heterocycles. The summed E-state index contributed by atoms with van der Waals surface area (Å²) in [5.74, 6) is 0.296. The van der Waals surface area contributed by atoms with Gasteiger partial charge in [-0.05, 0) is 48.9 Å². The maximum absolute atomic E-state index is 12.3. The highest BCUT2D eigenvalue weighted by Crippen LogP contribution is 2.21. The van der Waals surface area contributed by atoms with E-state index in [9.17, 15) is 13.2 Å². The van der Waals surface area contributed by atoms with Gasteiger partial charge < -0.3 is 9.64 Å². The van der Waals surface area contributed by atoms with Crippen molar-refractivity contribution in [3.8, 4) is 11.8 Å². The van der Waals surface area contributed by atoms with E-state index < -0.39 is 9.84 Å². The summed E-state index contributed by atoms with van der Waals surface area (Å²) in [5, 5.41) is 8.77. The maximum atomic E-state index is 12.3. The monoisotopic (exact) mass is 372 g/mol. The molecular weight excluding hydrogens is 352 g/mol. The van der Waals surface area contributed by atoms with Gasteiger partial charge in [0, 0.05) is 13.3 Å². The lowest BCUT2D eigenvalue weighted by molar-refractivity contribution is -0.134. The van der Waals surface area contributed by atoms with Crippen LogP contribution in [0.1, 0.15) is 24.1 Å². The van der Waals surface area contributed by atoms with E-state index in [4.69, 9.17) is 10.00 Å². The zero-order chi connectivity index (χ0) is 19.3. The van der Waals surface area contributed by atoms with Gasteiger partial charge in [0.25, 0.3) is 5.91 Å². The molecule has 0 aliphatic rings. The Kier molecular flexibility index (Phi) is 6.01. The predicted octanol–water partition coefficient (Wildman–Crippen LogP) is 2.56. The number of hydrogen-bond acceptors (Lipinski definition) is 5. The SMILES string of the molecule is CC(c1ccc(S(C)(=O)=O)cc1)N(C)C(=O)COc1ccc(C#N)cc1. The quantitative estimate of drug-likeness (QED) is 0.778. The molecule has 7 heteroatoms. The highest BCUT2D eigenvalue weighted by Gasteiger charge is 2.18. The number of likely N-dealkylation sites (N-methyl/N-ethyl adjacent to an activating group) is 1. The largest absolute Gasteiger partial charge is 0.484 e. The van der Waals surface area contributed by atoms with Crippen LogP contribution in [-0.2, 0) is 14.6 Å². The fraction of sp³-hybridized carbons (Fsp3) is 0.263. The number of rotatable bonds is 6. The number of ether oxygens (including phenoxy) is 1. The second-order valence-corrected chi connectivity index (χ2v) is 7.96. The Morgan fingerprint density at radius 2 is 1.73 bits per heavy atom. The van der Waals surface area contributed by atoms with Crippen LogP contribution in [0, 0.1) is 11.3 Å². The zero-order valence-electron chi connectivity index (χ0n) is 14.8. The van der Waals surface area contributed by atoms with Crippen molar-refractivity contribution in [1.29, 1.82) is 5.26 Å². The third-order valence-corrected chi connectivity index (χ3v) is 5.24. The van der Waals surface area contributed by atoms with Crippen LogP contribution in [0.4, 0.5) is 0 Å². The standard InChI is InChI=1S/C19H20N2O4S/c1-14(16-6-10-18(11-7-16)26(3,23)24)21(2)19(22)13-25-17-8-4-15(12-20)5-9-17/h4-11,14H,13H2,1-3H3. The van der Waals surface area contributed by atoms with Gasteiger partial charge in [0.05, 0.1) is 22.6 Å². The molecule has 0 bridgehead atoms. The number of nitriles is 1. The summed E-state index contributed by atoms with van der Waals surface area (Å²) in [5.41, 5.74) is 1.35. The van der Waals surface area contributed by atoms with Crippen molar-refractivity contribution >= 4 is 15.7 Å². The highest BCUT2D eigenvalue weighted by molar-refractivity contribution is 7.90. The van der Waals surface area contributed by atoms with Crippen LogP contribution in [0.25, 0.3) is 0 Å². The van der Waals surface area contributed by atoms with Gasteiger partial charge in [-0.3, -0.25) is 4.79 Å². The lowest BCUT2D eigenvalue weighted by Crippen LogP contribution is -2.33. The number of sulfone groups is 1. The summed E-state index contributed by atoms with van der Waals surface area (Å²) in [7, 11) is -1.58. The van der Waals surface area contributed by atoms with Crippen LogP contribution in [-0.4, -0.2) is 39.1 Å². The number of carbonyl (C=O) groups is 1. The molecule has 2 aromatic carbocycles. The van der Waals surface area contributed by atoms with Gasteiger partial charge in [-0.15, -0.1) is 0 Å². The minimum atomic E-state index is -3.25. The van der Waals surface area contributed by atoms with Crippen LogP contribution in [0.5, 0.6) is 5.75 Å². The van der Waals surface area contributed by atoms with E-state index in [0.29, 0.717) is 11.3 Å². The van der Waals surface area contributed by atoms with E-state index in [1.54, 1.807) is 48.3 Å². The first-order valence-electron chi connectivity index (χ1n) is 7.91. The average molecular weight is 372 g/mol. The van der Waals surface area contributed by atoms with Gasteiger partial charge in [0.15, 0.2) is 16.4 Å². The Hall–Kier alpha value is -2.85. The Labute approximate surface area is 153 Å². The fourth-order valence-corrected chi connectivity index (χ4v) is 2.94. The fourth-order valence-electron chi connectivity index (χ4n) is 2.31. The molecule has 136 valence electrons. The first-order valence-corrected chi connectivity index (χ1v) is 9.80. The van der Waals surface area contributed by atoms with Crippen molar-refractivity contribution in [3.05, 3.63) is 59.7 Å². The van der Waals surface area contributed by atoms with Gasteiger partial charge in [0.2, 0.25) is 0 Å². The van der Waals surface area contributed by atoms with Gasteiger partial charge in [0.1, 0.15) is 5.75 Å². The maximum Gasteiger partial charge on any atom is 0.260 e. The molecule has 0 N–H and O–H groups in total. The molecule has 26 heavy (non-hydrogen) atoms. The van der Waals surface area contributed by atoms with E-state index in [2.05, 4.69) is 0 Å². The van der Waals surface area contributed by atoms with Gasteiger partial charge in [-0.1, -0.05) is 12.1 Å². The van der Waals surface area contributed by atoms with Crippen LogP contribution in [0.15, 0.2) is 53.4 Å². The van der Waals surface area contributed by atoms with Crippen LogP contribution >= 0.6 is 0 Å². The van der Waals surface area contributed by atoms with Crippen molar-refractivity contribution in [2.75, 3.05) is 19.9 Å². The first kappa shape index (κ1) is 19.5. The number of hydrogen-bond donors (Lipinski definition) is 0. The molecule has 0 spiro atoms. The number of benzene rings is 2. The molecule has 0 aromatic heterocycles. The van der Waals surface area contributed by atoms with E-state index in [1.807, 2.05) is 13.0 Å². The smallest absolute Gasteiger partial charge is 0.260 e. The minimum Gasteiger partial charge on any atom is -0.484 e. The summed E-state index contributed by atoms with van der Waals surface area (Å²) in [6.45, 7) is 1.73. The Bertz CT molecular complexity index is 914. The molecule has 0 radical (unpaired) electrons. The van der Waals surface area contributed by atoms with E-state index in [0.717, 1.165) is 11.8 Å². The van der Waals surface area contributed by atoms with Crippen molar-refractivity contribution in [1.82, 2.24) is 4.90 Å². The summed E-state index contributed by atoms with van der Waals surface area (Å²) >= 11 is 0. The summed E-state index contributed by atoms with van der Waals surface area (Å²) in [6, 6.07) is 14.8. The van der Waals surface area contributed by atoms with E-state index in [-0.39, 0.29) is 23.5 Å². The van der Waals surface area contributed by atoms with Gasteiger partial charge in [-0.2, -0.15) is 5.26 Å². The van der Waals surface area contributed by atoms with Crippen molar-refractivity contribution in [2.45, 2.75) is 17.9 Å². The number of nitrogens with zero attached hydrogens (tertiary/aromatic N) is 2. The zero-order valence-corrected chi connectivity index (χ0v) is 15.7. The lowest BCUT2D eigenvalue weighted by Gasteiger charge is -2.25. The van der Waals surface area contributed by atoms with Crippen LogP contribution < -0.4 is 4.74 Å². The summed E-state index contributed by atoms with van der Waals surface area (Å²) in [4.78, 5) is 14.1. The first-order chi connectivity index (χ1) is 12.2. The van der Waals surface area contributed by atoms with Crippen molar-refractivity contribution in [3.63, 3.8) is 0 Å². The molecule has 2 aromatic rings. The van der Waals surface area contributed by atoms with E-state index in [1.165, 1.54) is 12.1 Å². The van der Waals surface area contributed by atoms with Gasteiger partial charge >= 0.3 is 0 Å². The summed E-state index contributed by atoms with van der Waals surface area (Å²) in [6.07, 6.45) is 1.15. The van der Waals surface area contributed by atoms with E-state index >= 15 is 0 Å². The normalized spacial score (nSPS) is 12.1.